The summed E-state index contributed by atoms with van der Waals surface area (Å²) in [5.74, 6) is 0.263. The molecule has 32 heavy (non-hydrogen) atoms. The molecule has 4 rings (SSSR count). The minimum Gasteiger partial charge on any atom is -0.496 e. The zero-order chi connectivity index (χ0) is 22.5. The van der Waals surface area contributed by atoms with Crippen molar-refractivity contribution in [2.24, 2.45) is 0 Å². The van der Waals surface area contributed by atoms with E-state index in [1.165, 1.54) is 11.3 Å². The van der Waals surface area contributed by atoms with Gasteiger partial charge in [-0.2, -0.15) is 0 Å². The minimum atomic E-state index is -0.659. The zero-order valence-electron chi connectivity index (χ0n) is 17.9. The molecule has 0 saturated carbocycles. The van der Waals surface area contributed by atoms with E-state index < -0.39 is 6.04 Å². The number of hydrogen-bond acceptors (Lipinski definition) is 5. The number of amides is 2. The van der Waals surface area contributed by atoms with Crippen molar-refractivity contribution in [2.75, 3.05) is 13.7 Å². The highest BCUT2D eigenvalue weighted by Crippen LogP contribution is 2.26. The van der Waals surface area contributed by atoms with Gasteiger partial charge in [0.05, 0.1) is 17.3 Å². The van der Waals surface area contributed by atoms with Crippen LogP contribution in [0.5, 0.6) is 5.75 Å². The van der Waals surface area contributed by atoms with Crippen LogP contribution in [-0.4, -0.2) is 41.1 Å². The molecule has 2 heterocycles. The number of benzene rings is 2. The highest BCUT2D eigenvalue weighted by Gasteiger charge is 2.17. The molecule has 0 spiro atoms. The smallest absolute Gasteiger partial charge is 0.251 e. The Morgan fingerprint density at radius 2 is 1.91 bits per heavy atom. The number of aromatic nitrogens is 2. The number of methoxy groups -OCH3 is 1. The molecule has 0 aliphatic heterocycles. The molecule has 164 valence electrons. The average Bonchev–Trinajstić information content (AvgIpc) is 3.48. The Kier molecular flexibility index (Phi) is 6.51. The van der Waals surface area contributed by atoms with E-state index in [-0.39, 0.29) is 11.8 Å². The number of hydrogen-bond donors (Lipinski definition) is 2. The van der Waals surface area contributed by atoms with Gasteiger partial charge in [-0.15, -0.1) is 0 Å². The van der Waals surface area contributed by atoms with Crippen LogP contribution in [0.2, 0.25) is 0 Å². The van der Waals surface area contributed by atoms with Crippen molar-refractivity contribution >= 4 is 33.4 Å². The van der Waals surface area contributed by atoms with Gasteiger partial charge in [-0.3, -0.25) is 9.59 Å². The molecule has 0 aliphatic rings. The second-order valence-electron chi connectivity index (χ2n) is 7.32. The number of para-hydroxylation sites is 1. The third kappa shape index (κ3) is 4.81. The SMILES string of the molecule is COc1ccccc1CCNC(=O)[C@@H](C)NC(=O)c1ccc2nc(-n3cccc3)sc2c1. The molecule has 0 fully saturated rings. The number of rotatable bonds is 8. The Balaban J connectivity index is 1.34. The molecule has 2 N–H and O–H groups in total. The van der Waals surface area contributed by atoms with Crippen molar-refractivity contribution in [1.82, 2.24) is 20.2 Å². The van der Waals surface area contributed by atoms with Crippen LogP contribution in [0.4, 0.5) is 0 Å². The standard InChI is InChI=1S/C24H24N4O3S/c1-16(22(29)25-12-11-17-7-3-4-8-20(17)31-2)26-23(30)18-9-10-19-21(15-18)32-24(27-19)28-13-5-6-14-28/h3-10,13-16H,11-12H2,1-2H3,(H,25,29)(H,26,30)/t16-/m1/s1. The molecule has 0 aliphatic carbocycles. The Bertz CT molecular complexity index is 1230. The largest absolute Gasteiger partial charge is 0.496 e. The summed E-state index contributed by atoms with van der Waals surface area (Å²) < 4.78 is 8.17. The Hall–Kier alpha value is -3.65. The summed E-state index contributed by atoms with van der Waals surface area (Å²) >= 11 is 1.51. The molecule has 0 saturated heterocycles. The third-order valence-electron chi connectivity index (χ3n) is 5.09. The van der Waals surface area contributed by atoms with E-state index in [4.69, 9.17) is 4.74 Å². The van der Waals surface area contributed by atoms with Gasteiger partial charge in [-0.05, 0) is 55.3 Å². The highest BCUT2D eigenvalue weighted by molar-refractivity contribution is 7.20. The summed E-state index contributed by atoms with van der Waals surface area (Å²) in [6, 6.07) is 16.3. The van der Waals surface area contributed by atoms with Gasteiger partial charge in [0.1, 0.15) is 11.8 Å². The number of ether oxygens (including phenoxy) is 1. The van der Waals surface area contributed by atoms with Crippen LogP contribution in [0.3, 0.4) is 0 Å². The predicted molar refractivity (Wildman–Crippen MR) is 126 cm³/mol. The van der Waals surface area contributed by atoms with Crippen LogP contribution >= 0.6 is 11.3 Å². The lowest BCUT2D eigenvalue weighted by atomic mass is 10.1. The van der Waals surface area contributed by atoms with Crippen LogP contribution in [0.15, 0.2) is 67.0 Å². The lowest BCUT2D eigenvalue weighted by Gasteiger charge is -2.15. The Labute approximate surface area is 190 Å². The van der Waals surface area contributed by atoms with Crippen LogP contribution in [0.1, 0.15) is 22.8 Å². The van der Waals surface area contributed by atoms with Crippen molar-refractivity contribution in [3.63, 3.8) is 0 Å². The minimum absolute atomic E-state index is 0.234. The van der Waals surface area contributed by atoms with E-state index in [1.807, 2.05) is 65.5 Å². The van der Waals surface area contributed by atoms with Gasteiger partial charge in [0.15, 0.2) is 5.13 Å². The third-order valence-corrected chi connectivity index (χ3v) is 6.12. The quantitative estimate of drug-likeness (QED) is 0.432. The van der Waals surface area contributed by atoms with E-state index in [1.54, 1.807) is 20.1 Å². The van der Waals surface area contributed by atoms with Crippen molar-refractivity contribution in [1.29, 1.82) is 0 Å². The van der Waals surface area contributed by atoms with E-state index in [9.17, 15) is 9.59 Å². The predicted octanol–water partition coefficient (Wildman–Crippen LogP) is 3.57. The fourth-order valence-electron chi connectivity index (χ4n) is 3.35. The Morgan fingerprint density at radius 3 is 2.69 bits per heavy atom. The van der Waals surface area contributed by atoms with Crippen LogP contribution in [-0.2, 0) is 11.2 Å². The van der Waals surface area contributed by atoms with Gasteiger partial charge < -0.3 is 19.9 Å². The monoisotopic (exact) mass is 448 g/mol. The number of nitrogens with zero attached hydrogens (tertiary/aromatic N) is 2. The number of carbonyl (C=O) groups is 2. The summed E-state index contributed by atoms with van der Waals surface area (Å²) in [7, 11) is 1.62. The summed E-state index contributed by atoms with van der Waals surface area (Å²) in [4.78, 5) is 29.7. The highest BCUT2D eigenvalue weighted by atomic mass is 32.1. The molecule has 2 amide bonds. The first-order valence-electron chi connectivity index (χ1n) is 10.3. The van der Waals surface area contributed by atoms with Gasteiger partial charge >= 0.3 is 0 Å². The molecule has 0 radical (unpaired) electrons. The molecule has 0 bridgehead atoms. The van der Waals surface area contributed by atoms with Gasteiger partial charge in [0, 0.05) is 24.5 Å². The molecule has 1 atom stereocenters. The summed E-state index contributed by atoms with van der Waals surface area (Å²) in [6.45, 7) is 2.13. The normalized spacial score (nSPS) is 11.8. The summed E-state index contributed by atoms with van der Waals surface area (Å²) in [5, 5.41) is 6.48. The molecule has 2 aromatic heterocycles. The molecule has 0 unspecified atom stereocenters. The maximum Gasteiger partial charge on any atom is 0.251 e. The maximum atomic E-state index is 12.7. The van der Waals surface area contributed by atoms with E-state index in [2.05, 4.69) is 15.6 Å². The first-order chi connectivity index (χ1) is 15.5. The Morgan fingerprint density at radius 1 is 1.12 bits per heavy atom. The van der Waals surface area contributed by atoms with Crippen LogP contribution < -0.4 is 15.4 Å². The summed E-state index contributed by atoms with van der Waals surface area (Å²) in [6.07, 6.45) is 4.50. The van der Waals surface area contributed by atoms with Crippen molar-refractivity contribution in [3.05, 3.63) is 78.1 Å². The molecule has 4 aromatic rings. The molecule has 8 heteroatoms. The van der Waals surface area contributed by atoms with E-state index in [0.29, 0.717) is 18.5 Å². The van der Waals surface area contributed by atoms with Gasteiger partial charge in [0.25, 0.3) is 5.91 Å². The first-order valence-corrected chi connectivity index (χ1v) is 11.1. The summed E-state index contributed by atoms with van der Waals surface area (Å²) in [5.41, 5.74) is 2.34. The maximum absolute atomic E-state index is 12.7. The average molecular weight is 449 g/mol. The second kappa shape index (κ2) is 9.65. The number of fused-ring (bicyclic) bond motifs is 1. The van der Waals surface area contributed by atoms with Crippen molar-refractivity contribution in [2.45, 2.75) is 19.4 Å². The van der Waals surface area contributed by atoms with E-state index >= 15 is 0 Å². The lowest BCUT2D eigenvalue weighted by Crippen LogP contribution is -2.45. The zero-order valence-corrected chi connectivity index (χ0v) is 18.7. The molecular weight excluding hydrogens is 424 g/mol. The number of carbonyl (C=O) groups excluding carboxylic acids is 2. The number of nitrogens with one attached hydrogen (secondary N) is 2. The second-order valence-corrected chi connectivity index (χ2v) is 8.33. The molecule has 2 aromatic carbocycles. The lowest BCUT2D eigenvalue weighted by molar-refractivity contribution is -0.122. The first kappa shape index (κ1) is 21.6. The fraction of sp³-hybridized carbons (Fsp3) is 0.208. The number of thiazole rings is 1. The molecule has 7 nitrogen and oxygen atoms in total. The topological polar surface area (TPSA) is 85.2 Å². The van der Waals surface area contributed by atoms with Crippen LogP contribution in [0, 0.1) is 0 Å². The molecular formula is C24H24N4O3S. The van der Waals surface area contributed by atoms with Crippen molar-refractivity contribution < 1.29 is 14.3 Å². The van der Waals surface area contributed by atoms with Gasteiger partial charge in [0.2, 0.25) is 5.91 Å². The van der Waals surface area contributed by atoms with Gasteiger partial charge in [-0.25, -0.2) is 4.98 Å². The fourth-order valence-corrected chi connectivity index (χ4v) is 4.33. The van der Waals surface area contributed by atoms with E-state index in [0.717, 1.165) is 26.7 Å². The van der Waals surface area contributed by atoms with Gasteiger partial charge in [-0.1, -0.05) is 29.5 Å². The van der Waals surface area contributed by atoms with Crippen LogP contribution in [0.25, 0.3) is 15.3 Å². The van der Waals surface area contributed by atoms with Crippen molar-refractivity contribution in [3.8, 4) is 10.9 Å².